The van der Waals surface area contributed by atoms with E-state index in [9.17, 15) is 0 Å². The molecule has 0 atom stereocenters. The Morgan fingerprint density at radius 1 is 1.40 bits per heavy atom. The molecule has 104 valence electrons. The standard InChI is InChI=1S/C15H16N2OS2/c1-10-4-2-3-5-13(10)20-9-14-16-12-6-7-18-8-11(12)15(19)17-14/h2-5H,6-9H2,1H3,(H,16,17,19). The summed E-state index contributed by atoms with van der Waals surface area (Å²) in [6.07, 6.45) is 0.892. The zero-order chi connectivity index (χ0) is 13.9. The van der Waals surface area contributed by atoms with E-state index in [1.807, 2.05) is 0 Å². The Kier molecular flexibility index (Phi) is 4.19. The molecule has 1 aromatic carbocycles. The quantitative estimate of drug-likeness (QED) is 0.691. The number of nitrogens with zero attached hydrogens (tertiary/aromatic N) is 1. The molecule has 0 fully saturated rings. The van der Waals surface area contributed by atoms with Gasteiger partial charge < -0.3 is 9.72 Å². The second-order valence-corrected chi connectivity index (χ2v) is 6.21. The molecule has 2 heterocycles. The summed E-state index contributed by atoms with van der Waals surface area (Å²) in [5.41, 5.74) is 3.54. The molecule has 0 bridgehead atoms. The third-order valence-corrected chi connectivity index (χ3v) is 4.88. The van der Waals surface area contributed by atoms with Crippen LogP contribution in [0, 0.1) is 11.6 Å². The highest BCUT2D eigenvalue weighted by atomic mass is 32.2. The van der Waals surface area contributed by atoms with Gasteiger partial charge in [0.1, 0.15) is 10.5 Å². The molecule has 3 nitrogen and oxygen atoms in total. The van der Waals surface area contributed by atoms with Crippen LogP contribution >= 0.6 is 24.0 Å². The molecule has 0 saturated heterocycles. The van der Waals surface area contributed by atoms with Gasteiger partial charge in [0, 0.05) is 22.6 Å². The Morgan fingerprint density at radius 2 is 2.25 bits per heavy atom. The normalized spacial score (nSPS) is 14.1. The molecule has 0 amide bonds. The lowest BCUT2D eigenvalue weighted by Gasteiger charge is -2.17. The number of hydrogen-bond acceptors (Lipinski definition) is 4. The Labute approximate surface area is 127 Å². The molecule has 0 spiro atoms. The number of nitrogens with one attached hydrogen (secondary N) is 1. The van der Waals surface area contributed by atoms with E-state index in [-0.39, 0.29) is 0 Å². The van der Waals surface area contributed by atoms with Crippen LogP contribution < -0.4 is 0 Å². The summed E-state index contributed by atoms with van der Waals surface area (Å²) in [5, 5.41) is 0. The number of rotatable bonds is 3. The van der Waals surface area contributed by atoms with Crippen molar-refractivity contribution in [3.63, 3.8) is 0 Å². The van der Waals surface area contributed by atoms with Crippen molar-refractivity contribution < 1.29 is 4.74 Å². The Bertz CT molecular complexity index is 682. The van der Waals surface area contributed by atoms with Gasteiger partial charge in [0.05, 0.1) is 19.0 Å². The fourth-order valence-electron chi connectivity index (χ4n) is 2.24. The van der Waals surface area contributed by atoms with Gasteiger partial charge in [0.15, 0.2) is 0 Å². The highest BCUT2D eigenvalue weighted by Crippen LogP contribution is 2.25. The van der Waals surface area contributed by atoms with Gasteiger partial charge in [0.2, 0.25) is 0 Å². The number of aromatic amines is 1. The predicted octanol–water partition coefficient (Wildman–Crippen LogP) is 3.81. The maximum absolute atomic E-state index is 5.43. The highest BCUT2D eigenvalue weighted by Gasteiger charge is 2.13. The van der Waals surface area contributed by atoms with E-state index < -0.39 is 0 Å². The summed E-state index contributed by atoms with van der Waals surface area (Å²) >= 11 is 7.15. The number of ether oxygens (including phenoxy) is 1. The zero-order valence-electron chi connectivity index (χ0n) is 11.3. The summed E-state index contributed by atoms with van der Waals surface area (Å²) in [6, 6.07) is 8.39. The lowest BCUT2D eigenvalue weighted by Crippen LogP contribution is -2.14. The maximum Gasteiger partial charge on any atom is 0.135 e. The largest absolute Gasteiger partial charge is 0.376 e. The van der Waals surface area contributed by atoms with Crippen molar-refractivity contribution in [3.8, 4) is 0 Å². The van der Waals surface area contributed by atoms with Gasteiger partial charge in [-0.2, -0.15) is 0 Å². The molecule has 20 heavy (non-hydrogen) atoms. The minimum absolute atomic E-state index is 0.586. The van der Waals surface area contributed by atoms with E-state index in [0.717, 1.165) is 30.2 Å². The topological polar surface area (TPSA) is 37.9 Å². The minimum atomic E-state index is 0.586. The van der Waals surface area contributed by atoms with Gasteiger partial charge in [-0.05, 0) is 18.6 Å². The summed E-state index contributed by atoms with van der Waals surface area (Å²) in [4.78, 5) is 9.19. The molecule has 3 rings (SSSR count). The first-order valence-electron chi connectivity index (χ1n) is 6.61. The van der Waals surface area contributed by atoms with Gasteiger partial charge in [-0.25, -0.2) is 4.98 Å². The summed E-state index contributed by atoms with van der Waals surface area (Å²) < 4.78 is 6.11. The second-order valence-electron chi connectivity index (χ2n) is 4.80. The van der Waals surface area contributed by atoms with Crippen molar-refractivity contribution in [1.29, 1.82) is 0 Å². The predicted molar refractivity (Wildman–Crippen MR) is 83.5 cm³/mol. The van der Waals surface area contributed by atoms with Gasteiger partial charge in [-0.1, -0.05) is 30.4 Å². The zero-order valence-corrected chi connectivity index (χ0v) is 12.9. The van der Waals surface area contributed by atoms with E-state index >= 15 is 0 Å². The molecule has 1 N–H and O–H groups in total. The molecule has 1 aliphatic heterocycles. The third kappa shape index (κ3) is 2.95. The van der Waals surface area contributed by atoms with Crippen molar-refractivity contribution in [3.05, 3.63) is 51.6 Å². The van der Waals surface area contributed by atoms with Crippen LogP contribution in [0.1, 0.15) is 22.6 Å². The van der Waals surface area contributed by atoms with E-state index in [1.165, 1.54) is 16.2 Å². The summed E-state index contributed by atoms with van der Waals surface area (Å²) in [7, 11) is 0. The fraction of sp³-hybridized carbons (Fsp3) is 0.333. The van der Waals surface area contributed by atoms with E-state index in [2.05, 4.69) is 41.2 Å². The molecule has 5 heteroatoms. The van der Waals surface area contributed by atoms with Gasteiger partial charge >= 0.3 is 0 Å². The first kappa shape index (κ1) is 13.8. The average Bonchev–Trinajstić information content (AvgIpc) is 2.46. The number of fused-ring (bicyclic) bond motifs is 1. The molecular formula is C15H16N2OS2. The van der Waals surface area contributed by atoms with Crippen LogP contribution in [0.4, 0.5) is 0 Å². The first-order valence-corrected chi connectivity index (χ1v) is 8.00. The molecule has 2 aromatic rings. The first-order chi connectivity index (χ1) is 9.74. The third-order valence-electron chi connectivity index (χ3n) is 3.35. The Balaban J connectivity index is 1.80. The Morgan fingerprint density at radius 3 is 3.10 bits per heavy atom. The van der Waals surface area contributed by atoms with Crippen LogP contribution in [0.25, 0.3) is 0 Å². The van der Waals surface area contributed by atoms with Crippen LogP contribution in [-0.2, 0) is 23.5 Å². The lowest BCUT2D eigenvalue weighted by molar-refractivity contribution is 0.108. The van der Waals surface area contributed by atoms with Crippen molar-refractivity contribution >= 4 is 24.0 Å². The molecule has 1 aliphatic rings. The average molecular weight is 304 g/mol. The van der Waals surface area contributed by atoms with Crippen molar-refractivity contribution in [2.24, 2.45) is 0 Å². The monoisotopic (exact) mass is 304 g/mol. The van der Waals surface area contributed by atoms with Crippen molar-refractivity contribution in [2.75, 3.05) is 6.61 Å². The number of benzene rings is 1. The van der Waals surface area contributed by atoms with Gasteiger partial charge in [-0.3, -0.25) is 0 Å². The van der Waals surface area contributed by atoms with Gasteiger partial charge in [0.25, 0.3) is 0 Å². The van der Waals surface area contributed by atoms with Gasteiger partial charge in [-0.15, -0.1) is 11.8 Å². The molecule has 0 unspecified atom stereocenters. The fourth-order valence-corrected chi connectivity index (χ4v) is 3.43. The van der Waals surface area contributed by atoms with Crippen LogP contribution in [0.5, 0.6) is 0 Å². The number of thioether (sulfide) groups is 1. The lowest BCUT2D eigenvalue weighted by atomic mass is 10.1. The van der Waals surface area contributed by atoms with Crippen LogP contribution in [0.2, 0.25) is 0 Å². The van der Waals surface area contributed by atoms with E-state index in [4.69, 9.17) is 17.0 Å². The molecule has 0 aliphatic carbocycles. The van der Waals surface area contributed by atoms with E-state index in [1.54, 1.807) is 11.8 Å². The van der Waals surface area contributed by atoms with Crippen LogP contribution in [0.3, 0.4) is 0 Å². The van der Waals surface area contributed by atoms with Crippen LogP contribution in [0.15, 0.2) is 29.2 Å². The number of aryl methyl sites for hydroxylation is 1. The molecule has 1 aromatic heterocycles. The summed E-state index contributed by atoms with van der Waals surface area (Å²) in [6.45, 7) is 3.47. The smallest absolute Gasteiger partial charge is 0.135 e. The number of aromatic nitrogens is 2. The summed E-state index contributed by atoms with van der Waals surface area (Å²) in [5.74, 6) is 1.76. The van der Waals surface area contributed by atoms with E-state index in [0.29, 0.717) is 11.2 Å². The number of hydrogen-bond donors (Lipinski definition) is 1. The van der Waals surface area contributed by atoms with Crippen molar-refractivity contribution in [2.45, 2.75) is 30.6 Å². The maximum atomic E-state index is 5.43. The highest BCUT2D eigenvalue weighted by molar-refractivity contribution is 7.98. The second kappa shape index (κ2) is 6.08. The SMILES string of the molecule is Cc1ccccc1SCc1nc(=S)c2c([nH]1)CCOC2. The molecule has 0 radical (unpaired) electrons. The molecule has 0 saturated carbocycles. The molecular weight excluding hydrogens is 288 g/mol. The van der Waals surface area contributed by atoms with Crippen LogP contribution in [-0.4, -0.2) is 16.6 Å². The minimum Gasteiger partial charge on any atom is -0.376 e. The Hall–Kier alpha value is -1.17. The number of H-pyrrole nitrogens is 1. The van der Waals surface area contributed by atoms with Crippen molar-refractivity contribution in [1.82, 2.24) is 9.97 Å².